The van der Waals surface area contributed by atoms with Gasteiger partial charge in [0.2, 0.25) is 0 Å². The van der Waals surface area contributed by atoms with Gasteiger partial charge in [-0.25, -0.2) is 4.79 Å². The zero-order valence-corrected chi connectivity index (χ0v) is 49.7. The van der Waals surface area contributed by atoms with Crippen LogP contribution in [-0.2, 0) is 32.8 Å². The van der Waals surface area contributed by atoms with Gasteiger partial charge in [0.15, 0.2) is 11.4 Å². The van der Waals surface area contributed by atoms with E-state index in [9.17, 15) is 14.7 Å². The highest BCUT2D eigenvalue weighted by molar-refractivity contribution is 9.10. The van der Waals surface area contributed by atoms with Crippen molar-refractivity contribution < 1.29 is 42.7 Å². The van der Waals surface area contributed by atoms with Crippen molar-refractivity contribution in [2.75, 3.05) is 6.61 Å². The van der Waals surface area contributed by atoms with Crippen molar-refractivity contribution in [2.24, 2.45) is 22.7 Å². The molecule has 1 aromatic rings. The molecule has 1 N–H and O–H groups in total. The van der Waals surface area contributed by atoms with Gasteiger partial charge in [0.25, 0.3) is 0 Å². The van der Waals surface area contributed by atoms with E-state index in [0.29, 0.717) is 13.5 Å². The van der Waals surface area contributed by atoms with Crippen LogP contribution in [0.25, 0.3) is 0 Å². The Balaban J connectivity index is 1.89. The Hall–Kier alpha value is 4.72. The van der Waals surface area contributed by atoms with E-state index >= 15 is 4.79 Å². The highest BCUT2D eigenvalue weighted by atomic mass is 33.1. The first kappa shape index (κ1) is 51.7. The molecule has 0 amide bonds. The number of hydrogen-bond donors (Lipinski definition) is 1. The van der Waals surface area contributed by atoms with Crippen molar-refractivity contribution in [1.82, 2.24) is 0 Å². The molecule has 3 aliphatic carbocycles. The van der Waals surface area contributed by atoms with Gasteiger partial charge in [0.1, 0.15) is 23.9 Å². The zero-order valence-electron chi connectivity index (χ0n) is 32.0. The maximum Gasteiger partial charge on any atom is 0.338 e. The minimum Gasteiger partial charge on any atom is -0.455 e. The third kappa shape index (κ3) is 9.74. The number of fused-ring (bicyclic) bond motifs is 5. The number of carbonyl (C=O) groups is 3. The van der Waals surface area contributed by atoms with Crippen molar-refractivity contribution in [3.05, 3.63) is 47.0 Å². The van der Waals surface area contributed by atoms with Crippen LogP contribution in [0.1, 0.15) is 64.7 Å². The van der Waals surface area contributed by atoms with Gasteiger partial charge in [-0.05, 0) is 71.8 Å². The second-order valence-corrected chi connectivity index (χ2v) is 73.3. The number of ether oxygens (including phenoxy) is 3. The number of hydrogen-bond acceptors (Lipinski definition) is 9. The van der Waals surface area contributed by atoms with E-state index in [1.165, 1.54) is 6.92 Å². The van der Waals surface area contributed by atoms with Crippen molar-refractivity contribution in [3.63, 3.8) is 0 Å². The second-order valence-electron chi connectivity index (χ2n) is 15.2. The highest BCUT2D eigenvalue weighted by Crippen LogP contribution is 3.09. The smallest absolute Gasteiger partial charge is 0.338 e. The summed E-state index contributed by atoms with van der Waals surface area (Å²) in [7, 11) is 24.9. The molecule has 26 heteroatoms. The quantitative estimate of drug-likeness (QED) is 0.117. The van der Waals surface area contributed by atoms with Crippen LogP contribution in [0.15, 0.2) is 41.5 Å². The summed E-state index contributed by atoms with van der Waals surface area (Å²) >= 11 is 0. The number of aliphatic hydroxyl groups is 1. The van der Waals surface area contributed by atoms with Crippen molar-refractivity contribution in [2.45, 2.75) is 90.0 Å². The molecule has 0 spiro atoms. The molecule has 3 fully saturated rings. The molecule has 2 saturated carbocycles. The lowest BCUT2D eigenvalue weighted by Crippen LogP contribution is -2.81. The molecule has 1 aromatic carbocycles. The number of esters is 2. The molecule has 5 rings (SSSR count). The Morgan fingerprint density at radius 3 is 2.00 bits per heavy atom. The molecule has 0 aromatic heterocycles. The number of Topliss-reactive ketones (excluding diaryl/α,β-unsaturated/α-hetero) is 1. The average Bonchev–Trinajstić information content (AvgIpc) is 3.10. The maximum absolute atomic E-state index is 16.5. The lowest BCUT2D eigenvalue weighted by atomic mass is 9.44. The molecule has 1 aliphatic heterocycles. The monoisotopic (exact) mass is 1090 g/mol. The number of rotatable bonds is 13. The molecule has 21 atom stereocenters. The third-order valence-electron chi connectivity index (χ3n) is 11.8. The normalized spacial score (nSPS) is 35.3. The average molecular weight is 1090 g/mol. The molecule has 4 aliphatic rings. The van der Waals surface area contributed by atoms with Crippen LogP contribution in [0.5, 0.6) is 0 Å². The van der Waals surface area contributed by atoms with Gasteiger partial charge >= 0.3 is 11.9 Å². The molecule has 314 valence electrons. The van der Waals surface area contributed by atoms with Crippen molar-refractivity contribution in [3.8, 4) is 0 Å². The van der Waals surface area contributed by atoms with Crippen LogP contribution in [0.2, 0.25) is 0 Å². The van der Waals surface area contributed by atoms with Gasteiger partial charge in [-0.15, -0.1) is 80.4 Å². The number of ketones is 1. The van der Waals surface area contributed by atoms with Gasteiger partial charge in [0.05, 0.1) is 44.7 Å². The predicted molar refractivity (Wildman–Crippen MR) is 280 cm³/mol. The number of allylic oxidation sites excluding steroid dienone is 1. The summed E-state index contributed by atoms with van der Waals surface area (Å²) in [5, 5.41) is 13.8. The summed E-state index contributed by atoms with van der Waals surface area (Å²) in [5.41, 5.74) is -3.77. The van der Waals surface area contributed by atoms with E-state index in [4.69, 9.17) is 23.3 Å². The Morgan fingerprint density at radius 2 is 1.52 bits per heavy atom. The lowest BCUT2D eigenvalue weighted by molar-refractivity contribution is -0.343. The molecule has 56 heavy (non-hydrogen) atoms. The van der Waals surface area contributed by atoms with Gasteiger partial charge in [-0.2, -0.15) is 0 Å². The standard InChI is InChI=1S/C30H55O9P17/c1-15-13-30(34)25(36-26(33)18-10-8-7-9-11-18)23-28(6,19(38-50(52(41)42)53(43)44)12-20-29(23,14-35-20)37-17(3)31)24(32)22(21(16(15)2)27(30,4)5)39-51(54(45)46)56(49-40)55(47)48/h7-11,15,19-20,22-23,25,34,49H,12-14,40-48H2,1-6H3/t15-,19-,20+,22+,23?,25-,28+,29-,30+,51?,56?/m0/s1. The third-order valence-corrected chi connectivity index (χ3v) is 81.4. The van der Waals surface area contributed by atoms with Gasteiger partial charge in [-0.3, -0.25) is 9.59 Å². The van der Waals surface area contributed by atoms with E-state index in [-0.39, 0.29) is 31.1 Å². The summed E-state index contributed by atoms with van der Waals surface area (Å²) in [6.45, 7) is 7.79. The summed E-state index contributed by atoms with van der Waals surface area (Å²) in [6.07, 6.45) is -3.30. The topological polar surface area (TPSA) is 118 Å². The van der Waals surface area contributed by atoms with Crippen LogP contribution in [0.4, 0.5) is 0 Å². The summed E-state index contributed by atoms with van der Waals surface area (Å²) < 4.78 is 34.2. The van der Waals surface area contributed by atoms with Crippen LogP contribution in [0, 0.1) is 22.7 Å². The van der Waals surface area contributed by atoms with Gasteiger partial charge in [0, 0.05) is 25.7 Å². The van der Waals surface area contributed by atoms with Crippen LogP contribution in [0.3, 0.4) is 0 Å². The number of benzene rings is 1. The minimum absolute atomic E-state index is 0.0238. The van der Waals surface area contributed by atoms with Crippen LogP contribution < -0.4 is 0 Å². The van der Waals surface area contributed by atoms with Crippen molar-refractivity contribution >= 4 is 156 Å². The Kier molecular flexibility index (Phi) is 19.1. The van der Waals surface area contributed by atoms with Crippen LogP contribution >= 0.6 is 138 Å². The fourth-order valence-corrected chi connectivity index (χ4v) is 108. The second kappa shape index (κ2) is 20.7. The molecular formula is C30H55O9P17. The van der Waals surface area contributed by atoms with Gasteiger partial charge < -0.3 is 28.4 Å². The maximum atomic E-state index is 16.5. The Labute approximate surface area is 362 Å². The number of carbonyl (C=O) groups excluding carboxylic acids is 3. The first-order valence-electron chi connectivity index (χ1n) is 17.4. The molecule has 13 unspecified atom stereocenters. The molecule has 2 bridgehead atoms. The van der Waals surface area contributed by atoms with E-state index in [1.807, 2.05) is 33.8 Å². The molecular weight excluding hydrogens is 1030 g/mol. The summed E-state index contributed by atoms with van der Waals surface area (Å²) in [6, 6.07) is 8.69. The van der Waals surface area contributed by atoms with Crippen LogP contribution in [-0.4, -0.2) is 65.1 Å². The van der Waals surface area contributed by atoms with Gasteiger partial charge in [-0.1, -0.05) is 52.5 Å². The Bertz CT molecular complexity index is 1660. The van der Waals surface area contributed by atoms with E-state index in [2.05, 4.69) is 87.3 Å². The fourth-order valence-electron chi connectivity index (χ4n) is 8.95. The SMILES string of the molecule is CC(=O)O[C@@]12CO[C@@H]1C[C@H](OP(P(P)P)P(P)P)[C@@]1(C)C(=O)[C@H](OP(P(P)P)P(PP)P(P)P)C3=C(C)[C@@H](C)C[C@@](O)([C@@H](OC(=O)c4ccccc4)C12)C3(C)C. The first-order chi connectivity index (χ1) is 26.0. The molecule has 1 saturated heterocycles. The molecule has 1 heterocycles. The van der Waals surface area contributed by atoms with Crippen molar-refractivity contribution in [1.29, 1.82) is 0 Å². The van der Waals surface area contributed by atoms with E-state index in [0.717, 1.165) is 11.1 Å². The fraction of sp³-hybridized carbons (Fsp3) is 0.633. The highest BCUT2D eigenvalue weighted by Gasteiger charge is 2.78. The Morgan fingerprint density at radius 1 is 0.929 bits per heavy atom. The molecule has 9 nitrogen and oxygen atoms in total. The predicted octanol–water partition coefficient (Wildman–Crippen LogP) is 12.9. The first-order valence-corrected chi connectivity index (χ1v) is 46.8. The van der Waals surface area contributed by atoms with E-state index < -0.39 is 114 Å². The molecule has 0 radical (unpaired) electrons. The van der Waals surface area contributed by atoms with E-state index in [1.54, 1.807) is 24.3 Å². The minimum atomic E-state index is -1.75. The largest absolute Gasteiger partial charge is 0.455 e. The summed E-state index contributed by atoms with van der Waals surface area (Å²) in [5.74, 6) is -2.66. The zero-order chi connectivity index (χ0) is 41.9. The summed E-state index contributed by atoms with van der Waals surface area (Å²) in [4.78, 5) is 44.2. The lowest BCUT2D eigenvalue weighted by Gasteiger charge is -2.68.